The smallest absolute Gasteiger partial charge is 0.272 e. The molecule has 0 aromatic heterocycles. The normalized spacial score (nSPS) is 11.2. The molecule has 0 aliphatic carbocycles. The van der Waals surface area contributed by atoms with Gasteiger partial charge < -0.3 is 9.84 Å². The number of hydrogen-bond acceptors (Lipinski definition) is 5. The number of sulfonamides is 1. The zero-order valence-corrected chi connectivity index (χ0v) is 18.2. The number of anilines is 1. The van der Waals surface area contributed by atoms with E-state index >= 15 is 0 Å². The number of benzene rings is 3. The van der Waals surface area contributed by atoms with Gasteiger partial charge in [0.1, 0.15) is 11.5 Å². The summed E-state index contributed by atoms with van der Waals surface area (Å²) in [5.41, 5.74) is 1.18. The molecule has 0 bridgehead atoms. The minimum atomic E-state index is -4.27. The molecular weight excluding hydrogens is 426 g/mol. The lowest BCUT2D eigenvalue weighted by atomic mass is 10.1. The van der Waals surface area contributed by atoms with Gasteiger partial charge in [-0.15, -0.1) is 0 Å². The van der Waals surface area contributed by atoms with Gasteiger partial charge in [0.15, 0.2) is 0 Å². The Morgan fingerprint density at radius 1 is 0.967 bits per heavy atom. The van der Waals surface area contributed by atoms with Gasteiger partial charge in [-0.2, -0.15) is 4.31 Å². The second-order valence-corrected chi connectivity index (χ2v) is 8.91. The highest BCUT2D eigenvalue weighted by Gasteiger charge is 2.32. The lowest BCUT2D eigenvalue weighted by molar-refractivity contribution is 0.101. The maximum atomic E-state index is 13.5. The van der Waals surface area contributed by atoms with Gasteiger partial charge >= 0.3 is 0 Å². The number of methoxy groups -OCH3 is 1. The van der Waals surface area contributed by atoms with Crippen molar-refractivity contribution in [2.45, 2.75) is 18.7 Å². The Labute approximate surface area is 180 Å². The number of hydrogen-bond donors (Lipinski definition) is 1. The van der Waals surface area contributed by atoms with Crippen molar-refractivity contribution in [3.8, 4) is 11.5 Å². The molecule has 3 aromatic rings. The number of aromatic hydroxyl groups is 1. The van der Waals surface area contributed by atoms with E-state index in [0.29, 0.717) is 21.9 Å². The average molecular weight is 446 g/mol. The van der Waals surface area contributed by atoms with Crippen LogP contribution < -0.4 is 9.04 Å². The zero-order valence-electron chi connectivity index (χ0n) is 16.6. The minimum Gasteiger partial charge on any atom is -0.507 e. The summed E-state index contributed by atoms with van der Waals surface area (Å²) in [4.78, 5) is 13.3. The van der Waals surface area contributed by atoms with Crippen LogP contribution in [-0.4, -0.2) is 26.5 Å². The van der Waals surface area contributed by atoms with Crippen LogP contribution in [0.25, 0.3) is 0 Å². The average Bonchev–Trinajstić information content (AvgIpc) is 2.72. The Morgan fingerprint density at radius 3 is 2.00 bits per heavy atom. The Balaban J connectivity index is 2.20. The number of aryl methyl sites for hydroxylation is 2. The van der Waals surface area contributed by atoms with Gasteiger partial charge in [-0.05, 0) is 85.6 Å². The third kappa shape index (κ3) is 4.13. The number of carbonyl (C=O) groups excluding carboxylic acids is 1. The van der Waals surface area contributed by atoms with Crippen LogP contribution in [0.2, 0.25) is 5.02 Å². The SMILES string of the molecule is COc1ccc(C(=O)N(c2cc(C)c(O)c(C)c2)S(=O)(=O)c2ccc(Cl)cc2)cc1. The van der Waals surface area contributed by atoms with Crippen molar-refractivity contribution in [1.82, 2.24) is 0 Å². The monoisotopic (exact) mass is 445 g/mol. The first-order valence-corrected chi connectivity index (χ1v) is 10.8. The number of phenolic OH excluding ortho intramolecular Hbond substituents is 1. The minimum absolute atomic E-state index is 0.0412. The first-order chi connectivity index (χ1) is 14.1. The topological polar surface area (TPSA) is 83.9 Å². The number of nitrogens with zero attached hydrogens (tertiary/aromatic N) is 1. The molecule has 6 nitrogen and oxygen atoms in total. The molecule has 3 rings (SSSR count). The molecule has 0 aliphatic heterocycles. The van der Waals surface area contributed by atoms with E-state index in [0.717, 1.165) is 4.31 Å². The lowest BCUT2D eigenvalue weighted by Gasteiger charge is -2.24. The summed E-state index contributed by atoms with van der Waals surface area (Å²) < 4.78 is 32.8. The standard InChI is InChI=1S/C22H20ClNO5S/c1-14-12-18(13-15(2)21(14)25)24(22(26)16-4-8-19(29-3)9-5-16)30(27,28)20-10-6-17(23)7-11-20/h4-13,25H,1-3H3. The number of carbonyl (C=O) groups is 1. The Bertz CT molecular complexity index is 1170. The summed E-state index contributed by atoms with van der Waals surface area (Å²) in [7, 11) is -2.77. The van der Waals surface area contributed by atoms with Crippen molar-refractivity contribution in [3.63, 3.8) is 0 Å². The first kappa shape index (κ1) is 21.7. The van der Waals surface area contributed by atoms with Crippen LogP contribution in [0.3, 0.4) is 0 Å². The Hall–Kier alpha value is -3.03. The van der Waals surface area contributed by atoms with Gasteiger partial charge in [0.2, 0.25) is 0 Å². The number of amides is 1. The van der Waals surface area contributed by atoms with E-state index in [1.807, 2.05) is 0 Å². The van der Waals surface area contributed by atoms with Crippen molar-refractivity contribution >= 4 is 33.2 Å². The number of ether oxygens (including phenoxy) is 1. The van der Waals surface area contributed by atoms with Crippen LogP contribution >= 0.6 is 11.6 Å². The molecule has 0 unspecified atom stereocenters. The molecule has 0 atom stereocenters. The fourth-order valence-electron chi connectivity index (χ4n) is 2.98. The molecule has 1 amide bonds. The highest BCUT2D eigenvalue weighted by molar-refractivity contribution is 7.93. The maximum absolute atomic E-state index is 13.5. The molecule has 0 saturated heterocycles. The number of rotatable bonds is 5. The van der Waals surface area contributed by atoms with Crippen molar-refractivity contribution in [1.29, 1.82) is 0 Å². The predicted molar refractivity (Wildman–Crippen MR) is 116 cm³/mol. The summed E-state index contributed by atoms with van der Waals surface area (Å²) in [6, 6.07) is 14.6. The van der Waals surface area contributed by atoms with Gasteiger partial charge in [0.25, 0.3) is 15.9 Å². The van der Waals surface area contributed by atoms with E-state index in [1.54, 1.807) is 26.0 Å². The van der Waals surface area contributed by atoms with Crippen LogP contribution in [0.4, 0.5) is 5.69 Å². The molecule has 0 saturated carbocycles. The summed E-state index contributed by atoms with van der Waals surface area (Å²) in [5.74, 6) is -0.161. The fourth-order valence-corrected chi connectivity index (χ4v) is 4.50. The second-order valence-electron chi connectivity index (χ2n) is 6.69. The van der Waals surface area contributed by atoms with Gasteiger partial charge in [-0.25, -0.2) is 8.42 Å². The predicted octanol–water partition coefficient (Wildman–Crippen LogP) is 4.71. The summed E-state index contributed by atoms with van der Waals surface area (Å²) >= 11 is 5.89. The van der Waals surface area contributed by atoms with Crippen LogP contribution in [-0.2, 0) is 10.0 Å². The quantitative estimate of drug-likeness (QED) is 0.615. The molecule has 0 aliphatic rings. The lowest BCUT2D eigenvalue weighted by Crippen LogP contribution is -2.37. The number of phenols is 1. The second kappa shape index (κ2) is 8.38. The zero-order chi connectivity index (χ0) is 22.1. The molecule has 30 heavy (non-hydrogen) atoms. The van der Waals surface area contributed by atoms with E-state index in [-0.39, 0.29) is 21.9 Å². The summed E-state index contributed by atoms with van der Waals surface area (Å²) in [5, 5.41) is 10.5. The van der Waals surface area contributed by atoms with Gasteiger partial charge in [0.05, 0.1) is 17.7 Å². The van der Waals surface area contributed by atoms with Gasteiger partial charge in [-0.3, -0.25) is 4.79 Å². The van der Waals surface area contributed by atoms with Crippen LogP contribution in [0, 0.1) is 13.8 Å². The van der Waals surface area contributed by atoms with E-state index in [1.165, 1.54) is 55.6 Å². The highest BCUT2D eigenvalue weighted by atomic mass is 35.5. The molecule has 156 valence electrons. The van der Waals surface area contributed by atoms with E-state index in [9.17, 15) is 18.3 Å². The molecule has 3 aromatic carbocycles. The van der Waals surface area contributed by atoms with Gasteiger partial charge in [0, 0.05) is 10.6 Å². The molecule has 0 spiro atoms. The third-order valence-electron chi connectivity index (χ3n) is 4.58. The van der Waals surface area contributed by atoms with Gasteiger partial charge in [-0.1, -0.05) is 11.6 Å². The summed E-state index contributed by atoms with van der Waals surface area (Å²) in [6.07, 6.45) is 0. The first-order valence-electron chi connectivity index (χ1n) is 8.94. The van der Waals surface area contributed by atoms with E-state index < -0.39 is 15.9 Å². The highest BCUT2D eigenvalue weighted by Crippen LogP contribution is 2.32. The fraction of sp³-hybridized carbons (Fsp3) is 0.136. The van der Waals surface area contributed by atoms with Crippen molar-refractivity contribution < 1.29 is 23.1 Å². The van der Waals surface area contributed by atoms with Crippen LogP contribution in [0.15, 0.2) is 65.6 Å². The van der Waals surface area contributed by atoms with E-state index in [4.69, 9.17) is 16.3 Å². The molecule has 0 heterocycles. The molecular formula is C22H20ClNO5S. The molecule has 1 N–H and O–H groups in total. The number of halogens is 1. The molecule has 8 heteroatoms. The van der Waals surface area contributed by atoms with E-state index in [2.05, 4.69) is 0 Å². The summed E-state index contributed by atoms with van der Waals surface area (Å²) in [6.45, 7) is 3.27. The van der Waals surface area contributed by atoms with Crippen LogP contribution in [0.5, 0.6) is 11.5 Å². The molecule has 0 fully saturated rings. The maximum Gasteiger partial charge on any atom is 0.272 e. The van der Waals surface area contributed by atoms with Crippen molar-refractivity contribution in [3.05, 3.63) is 82.4 Å². The largest absolute Gasteiger partial charge is 0.507 e. The van der Waals surface area contributed by atoms with Crippen molar-refractivity contribution in [2.75, 3.05) is 11.4 Å². The molecule has 0 radical (unpaired) electrons. The van der Waals surface area contributed by atoms with Crippen LogP contribution in [0.1, 0.15) is 21.5 Å². The Morgan fingerprint density at radius 2 is 1.50 bits per heavy atom. The third-order valence-corrected chi connectivity index (χ3v) is 6.56. The Kier molecular flexibility index (Phi) is 6.05. The van der Waals surface area contributed by atoms with Crippen molar-refractivity contribution in [2.24, 2.45) is 0 Å².